The quantitative estimate of drug-likeness (QED) is 0.731. The summed E-state index contributed by atoms with van der Waals surface area (Å²) in [7, 11) is 0. The Kier molecular flexibility index (Phi) is 5.59. The number of amides is 1. The molecule has 2 atom stereocenters. The van der Waals surface area contributed by atoms with Crippen molar-refractivity contribution < 1.29 is 4.79 Å². The first kappa shape index (κ1) is 18.9. The van der Waals surface area contributed by atoms with Crippen molar-refractivity contribution >= 4 is 23.2 Å². The molecule has 0 aromatic heterocycles. The molecule has 1 aliphatic carbocycles. The summed E-state index contributed by atoms with van der Waals surface area (Å²) in [5.74, 6) is 1.44. The summed E-state index contributed by atoms with van der Waals surface area (Å²) in [6, 6.07) is 0.340. The fraction of sp³-hybridized carbons (Fsp3) is 0.895. The number of thiocarbonyl (C=S) groups is 1. The van der Waals surface area contributed by atoms with Crippen molar-refractivity contribution in [2.45, 2.75) is 77.5 Å². The lowest BCUT2D eigenvalue weighted by atomic mass is 9.95. The molecule has 2 N–H and O–H groups in total. The first-order valence-electron chi connectivity index (χ1n) is 10.0. The van der Waals surface area contributed by atoms with E-state index in [2.05, 4.69) is 48.1 Å². The Morgan fingerprint density at radius 2 is 1.96 bits per heavy atom. The van der Waals surface area contributed by atoms with E-state index in [9.17, 15) is 4.79 Å². The monoisotopic (exact) mass is 366 g/mol. The average Bonchev–Trinajstić information content (AvgIpc) is 3.36. The Morgan fingerprint density at radius 1 is 1.32 bits per heavy atom. The van der Waals surface area contributed by atoms with Gasteiger partial charge in [-0.25, -0.2) is 0 Å². The van der Waals surface area contributed by atoms with Crippen molar-refractivity contribution in [3.05, 3.63) is 0 Å². The van der Waals surface area contributed by atoms with Crippen LogP contribution in [0.25, 0.3) is 0 Å². The molecule has 0 radical (unpaired) electrons. The lowest BCUT2D eigenvalue weighted by Gasteiger charge is -2.45. The van der Waals surface area contributed by atoms with Crippen LogP contribution in [0.5, 0.6) is 0 Å². The molecule has 2 saturated heterocycles. The summed E-state index contributed by atoms with van der Waals surface area (Å²) in [6.07, 6.45) is 5.51. The number of nitrogens with zero attached hydrogens (tertiary/aromatic N) is 2. The van der Waals surface area contributed by atoms with E-state index in [1.165, 1.54) is 12.8 Å². The van der Waals surface area contributed by atoms with E-state index in [0.717, 1.165) is 49.9 Å². The highest BCUT2D eigenvalue weighted by Gasteiger charge is 2.53. The van der Waals surface area contributed by atoms with Crippen molar-refractivity contribution in [1.29, 1.82) is 0 Å². The van der Waals surface area contributed by atoms with E-state index < -0.39 is 0 Å². The number of nitrogens with one attached hydrogen (secondary N) is 2. The van der Waals surface area contributed by atoms with Gasteiger partial charge in [0.1, 0.15) is 0 Å². The van der Waals surface area contributed by atoms with Crippen LogP contribution in [0.2, 0.25) is 0 Å². The SMILES string of the molecule is CC[C@@H](C)[C@H]1NC2(CCN(C(=S)NC(C)C)CC2)N(CC2CC2)C1=O. The molecule has 5 nitrogen and oxygen atoms in total. The maximum atomic E-state index is 13.1. The Bertz CT molecular complexity index is 512. The van der Waals surface area contributed by atoms with Crippen LogP contribution >= 0.6 is 12.2 Å². The van der Waals surface area contributed by atoms with E-state index >= 15 is 0 Å². The third-order valence-corrected chi connectivity index (χ3v) is 6.49. The standard InChI is InChI=1S/C19H34N4OS/c1-5-14(4)16-17(24)23(12-15-6-7-15)19(21-16)8-10-22(11-9-19)18(25)20-13(2)3/h13-16,21H,5-12H2,1-4H3,(H,20,25)/t14-,16-/m1/s1. The van der Waals surface area contributed by atoms with Gasteiger partial charge in [-0.2, -0.15) is 0 Å². The van der Waals surface area contributed by atoms with Gasteiger partial charge < -0.3 is 15.1 Å². The van der Waals surface area contributed by atoms with E-state index in [0.29, 0.717) is 17.9 Å². The highest BCUT2D eigenvalue weighted by molar-refractivity contribution is 7.80. The largest absolute Gasteiger partial charge is 0.360 e. The average molecular weight is 367 g/mol. The molecule has 2 heterocycles. The van der Waals surface area contributed by atoms with E-state index in [1.54, 1.807) is 0 Å². The smallest absolute Gasteiger partial charge is 0.241 e. The summed E-state index contributed by atoms with van der Waals surface area (Å²) in [4.78, 5) is 17.6. The van der Waals surface area contributed by atoms with E-state index in [-0.39, 0.29) is 11.7 Å². The molecule has 2 aliphatic heterocycles. The van der Waals surface area contributed by atoms with Crippen molar-refractivity contribution in [3.8, 4) is 0 Å². The van der Waals surface area contributed by atoms with Gasteiger partial charge in [0.05, 0.1) is 11.7 Å². The van der Waals surface area contributed by atoms with Gasteiger partial charge >= 0.3 is 0 Å². The summed E-state index contributed by atoms with van der Waals surface area (Å²) in [6.45, 7) is 11.4. The molecule has 1 amide bonds. The molecule has 0 unspecified atom stereocenters. The zero-order valence-corrected chi connectivity index (χ0v) is 17.0. The van der Waals surface area contributed by atoms with Crippen LogP contribution in [0.15, 0.2) is 0 Å². The third-order valence-electron chi connectivity index (χ3n) is 6.11. The normalized spacial score (nSPS) is 27.2. The molecule has 25 heavy (non-hydrogen) atoms. The lowest BCUT2D eigenvalue weighted by Crippen LogP contribution is -2.61. The van der Waals surface area contributed by atoms with Crippen LogP contribution in [-0.4, -0.2) is 58.2 Å². The summed E-state index contributed by atoms with van der Waals surface area (Å²) in [5.41, 5.74) is -0.155. The number of rotatable bonds is 5. The molecule has 142 valence electrons. The second-order valence-electron chi connectivity index (χ2n) is 8.52. The zero-order valence-electron chi connectivity index (χ0n) is 16.2. The first-order valence-corrected chi connectivity index (χ1v) is 10.4. The second-order valence-corrected chi connectivity index (χ2v) is 8.91. The number of likely N-dealkylation sites (tertiary alicyclic amines) is 1. The Labute approximate surface area is 157 Å². The van der Waals surface area contributed by atoms with Gasteiger partial charge in [-0.1, -0.05) is 20.3 Å². The Morgan fingerprint density at radius 3 is 2.48 bits per heavy atom. The number of hydrogen-bond donors (Lipinski definition) is 2. The van der Waals surface area contributed by atoms with Crippen molar-refractivity contribution in [2.24, 2.45) is 11.8 Å². The molecule has 0 aromatic carbocycles. The lowest BCUT2D eigenvalue weighted by molar-refractivity contribution is -0.134. The van der Waals surface area contributed by atoms with Crippen molar-refractivity contribution in [2.75, 3.05) is 19.6 Å². The van der Waals surface area contributed by atoms with Gasteiger partial charge in [0.2, 0.25) is 5.91 Å². The molecular weight excluding hydrogens is 332 g/mol. The number of piperidine rings is 1. The first-order chi connectivity index (χ1) is 11.9. The van der Waals surface area contributed by atoms with Gasteiger partial charge in [-0.3, -0.25) is 10.1 Å². The summed E-state index contributed by atoms with van der Waals surface area (Å²) >= 11 is 5.54. The predicted molar refractivity (Wildman–Crippen MR) is 105 cm³/mol. The fourth-order valence-corrected chi connectivity index (χ4v) is 4.50. The predicted octanol–water partition coefficient (Wildman–Crippen LogP) is 2.32. The molecule has 1 saturated carbocycles. The van der Waals surface area contributed by atoms with E-state index in [1.807, 2.05) is 0 Å². The van der Waals surface area contributed by atoms with Crippen molar-refractivity contribution in [3.63, 3.8) is 0 Å². The summed E-state index contributed by atoms with van der Waals surface area (Å²) < 4.78 is 0. The van der Waals surface area contributed by atoms with Crippen LogP contribution in [0.4, 0.5) is 0 Å². The fourth-order valence-electron chi connectivity index (χ4n) is 4.08. The molecule has 0 aromatic rings. The molecule has 1 spiro atoms. The molecule has 3 fully saturated rings. The molecule has 3 aliphatic rings. The number of hydrogen-bond acceptors (Lipinski definition) is 3. The highest BCUT2D eigenvalue weighted by atomic mass is 32.1. The van der Waals surface area contributed by atoms with E-state index in [4.69, 9.17) is 12.2 Å². The minimum Gasteiger partial charge on any atom is -0.360 e. The topological polar surface area (TPSA) is 47.6 Å². The zero-order chi connectivity index (χ0) is 18.2. The minimum atomic E-state index is -0.155. The van der Waals surface area contributed by atoms with Gasteiger partial charge in [-0.05, 0) is 50.7 Å². The molecule has 0 bridgehead atoms. The maximum absolute atomic E-state index is 13.1. The van der Waals surface area contributed by atoms with Crippen LogP contribution in [0.3, 0.4) is 0 Å². The van der Waals surface area contributed by atoms with Crippen LogP contribution in [0, 0.1) is 11.8 Å². The highest BCUT2D eigenvalue weighted by Crippen LogP contribution is 2.39. The third kappa shape index (κ3) is 3.95. The van der Waals surface area contributed by atoms with Crippen molar-refractivity contribution in [1.82, 2.24) is 20.4 Å². The van der Waals surface area contributed by atoms with Gasteiger partial charge in [0.15, 0.2) is 5.11 Å². The van der Waals surface area contributed by atoms with Crippen LogP contribution < -0.4 is 10.6 Å². The number of carbonyl (C=O) groups is 1. The second kappa shape index (κ2) is 7.39. The van der Waals surface area contributed by atoms with Gasteiger partial charge in [0, 0.05) is 38.5 Å². The van der Waals surface area contributed by atoms with Crippen LogP contribution in [0.1, 0.15) is 59.8 Å². The Balaban J connectivity index is 1.70. The summed E-state index contributed by atoms with van der Waals surface area (Å²) in [5, 5.41) is 7.97. The molecule has 6 heteroatoms. The maximum Gasteiger partial charge on any atom is 0.241 e. The van der Waals surface area contributed by atoms with Gasteiger partial charge in [0.25, 0.3) is 0 Å². The van der Waals surface area contributed by atoms with Gasteiger partial charge in [-0.15, -0.1) is 0 Å². The number of carbonyl (C=O) groups excluding carboxylic acids is 1. The Hall–Kier alpha value is -0.880. The molecule has 3 rings (SSSR count). The van der Waals surface area contributed by atoms with Crippen LogP contribution in [-0.2, 0) is 4.79 Å². The minimum absolute atomic E-state index is 0.0176. The molecular formula is C19H34N4OS.